The van der Waals surface area contributed by atoms with Crippen LogP contribution >= 0.6 is 0 Å². The lowest BCUT2D eigenvalue weighted by Crippen LogP contribution is -2.36. The summed E-state index contributed by atoms with van der Waals surface area (Å²) in [7, 11) is 0. The van der Waals surface area contributed by atoms with Gasteiger partial charge < -0.3 is 4.90 Å². The van der Waals surface area contributed by atoms with Crippen molar-refractivity contribution in [3.8, 4) is 0 Å². The maximum Gasteiger partial charge on any atom is 0.169 e. The average Bonchev–Trinajstić information content (AvgIpc) is 2.42. The Hall–Kier alpha value is -1.29. The smallest absolute Gasteiger partial charge is 0.169 e. The van der Waals surface area contributed by atoms with Crippen LogP contribution in [0.25, 0.3) is 0 Å². The molecule has 4 heteroatoms. The summed E-state index contributed by atoms with van der Waals surface area (Å²) in [6.07, 6.45) is 3.53. The van der Waals surface area contributed by atoms with E-state index in [1.54, 1.807) is 6.92 Å². The highest BCUT2D eigenvalue weighted by atomic mass is 19.1. The van der Waals surface area contributed by atoms with Crippen LogP contribution in [0.5, 0.6) is 0 Å². The second kappa shape index (κ2) is 6.24. The Labute approximate surface area is 112 Å². The molecule has 1 aromatic carbocycles. The number of carbonyl (C=O) groups excluding carboxylic acids is 1. The maximum atomic E-state index is 13.6. The van der Waals surface area contributed by atoms with Gasteiger partial charge in [-0.2, -0.15) is 0 Å². The zero-order chi connectivity index (χ0) is 13.8. The van der Waals surface area contributed by atoms with Gasteiger partial charge in [-0.25, -0.2) is 8.78 Å². The molecule has 1 fully saturated rings. The summed E-state index contributed by atoms with van der Waals surface area (Å²) in [5, 5.41) is 0. The molecule has 1 aliphatic heterocycles. The van der Waals surface area contributed by atoms with E-state index in [0.717, 1.165) is 44.1 Å². The second-order valence-corrected chi connectivity index (χ2v) is 5.25. The minimum Gasteiger partial charge on any atom is -0.303 e. The van der Waals surface area contributed by atoms with Crippen molar-refractivity contribution in [1.82, 2.24) is 4.90 Å². The van der Waals surface area contributed by atoms with Crippen molar-refractivity contribution < 1.29 is 13.6 Å². The van der Waals surface area contributed by atoms with E-state index >= 15 is 0 Å². The second-order valence-electron chi connectivity index (χ2n) is 5.25. The molecule has 0 spiro atoms. The van der Waals surface area contributed by atoms with Gasteiger partial charge in [0.2, 0.25) is 0 Å². The first kappa shape index (κ1) is 14.1. The minimum absolute atomic E-state index is 0.135. The molecule has 0 aliphatic carbocycles. The minimum atomic E-state index is -0.642. The first-order valence-corrected chi connectivity index (χ1v) is 6.79. The third-order valence-corrected chi connectivity index (χ3v) is 3.62. The molecular formula is C15H19F2NO. The predicted molar refractivity (Wildman–Crippen MR) is 70.1 cm³/mol. The molecular weight excluding hydrogens is 248 g/mol. The molecule has 0 aromatic heterocycles. The molecule has 0 bridgehead atoms. The third kappa shape index (κ3) is 3.60. The number of piperidine rings is 1. The third-order valence-electron chi connectivity index (χ3n) is 3.62. The summed E-state index contributed by atoms with van der Waals surface area (Å²) in [5.41, 5.74) is -0.135. The Morgan fingerprint density at radius 3 is 2.63 bits per heavy atom. The number of halogens is 2. The first-order chi connectivity index (χ1) is 9.08. The molecule has 1 saturated heterocycles. The molecule has 104 valence electrons. The van der Waals surface area contributed by atoms with Gasteiger partial charge >= 0.3 is 0 Å². The van der Waals surface area contributed by atoms with Gasteiger partial charge in [-0.15, -0.1) is 0 Å². The van der Waals surface area contributed by atoms with Gasteiger partial charge in [-0.05, 0) is 44.1 Å². The van der Waals surface area contributed by atoms with Crippen LogP contribution in [-0.4, -0.2) is 30.3 Å². The summed E-state index contributed by atoms with van der Waals surface area (Å²) in [6.45, 7) is 4.38. The number of hydrogen-bond donors (Lipinski definition) is 0. The Morgan fingerprint density at radius 1 is 1.26 bits per heavy atom. The number of hydrogen-bond acceptors (Lipinski definition) is 2. The molecule has 1 atom stereocenters. The van der Waals surface area contributed by atoms with E-state index in [4.69, 9.17) is 0 Å². The zero-order valence-corrected chi connectivity index (χ0v) is 11.2. The maximum absolute atomic E-state index is 13.6. The summed E-state index contributed by atoms with van der Waals surface area (Å²) < 4.78 is 26.7. The lowest BCUT2D eigenvalue weighted by Gasteiger charge is -2.28. The van der Waals surface area contributed by atoms with E-state index in [9.17, 15) is 13.6 Å². The highest BCUT2D eigenvalue weighted by molar-refractivity contribution is 5.98. The van der Waals surface area contributed by atoms with Crippen LogP contribution in [0.3, 0.4) is 0 Å². The molecule has 1 aromatic rings. The highest BCUT2D eigenvalue weighted by Crippen LogP contribution is 2.17. The van der Waals surface area contributed by atoms with Gasteiger partial charge in [0.05, 0.1) is 5.56 Å². The molecule has 1 unspecified atom stereocenters. The Morgan fingerprint density at radius 2 is 1.95 bits per heavy atom. The summed E-state index contributed by atoms with van der Waals surface area (Å²) >= 11 is 0. The molecule has 0 amide bonds. The van der Waals surface area contributed by atoms with E-state index < -0.39 is 11.6 Å². The van der Waals surface area contributed by atoms with Crippen LogP contribution < -0.4 is 0 Å². The average molecular weight is 267 g/mol. The van der Waals surface area contributed by atoms with Crippen molar-refractivity contribution >= 4 is 5.78 Å². The number of benzene rings is 1. The summed E-state index contributed by atoms with van der Waals surface area (Å²) in [5.74, 6) is -1.84. The van der Waals surface area contributed by atoms with Crippen LogP contribution in [0, 0.1) is 17.6 Å². The first-order valence-electron chi connectivity index (χ1n) is 6.79. The number of rotatable bonds is 4. The summed E-state index contributed by atoms with van der Waals surface area (Å²) in [4.78, 5) is 14.4. The van der Waals surface area contributed by atoms with Crippen LogP contribution in [0.1, 0.15) is 36.5 Å². The summed E-state index contributed by atoms with van der Waals surface area (Å²) in [6, 6.07) is 3.03. The van der Waals surface area contributed by atoms with Crippen LogP contribution in [-0.2, 0) is 0 Å². The largest absolute Gasteiger partial charge is 0.303 e. The normalized spacial score (nSPS) is 18.3. The van der Waals surface area contributed by atoms with Crippen molar-refractivity contribution in [3.63, 3.8) is 0 Å². The standard InChI is InChI=1S/C15H19F2NO/c1-11(10-18-7-3-2-4-8-18)15(19)13-9-12(16)5-6-14(13)17/h5-6,9,11H,2-4,7-8,10H2,1H3. The van der Waals surface area contributed by atoms with Crippen molar-refractivity contribution in [3.05, 3.63) is 35.4 Å². The van der Waals surface area contributed by atoms with Gasteiger partial charge in [-0.3, -0.25) is 4.79 Å². The number of carbonyl (C=O) groups is 1. The lowest BCUT2D eigenvalue weighted by molar-refractivity contribution is 0.0879. The molecule has 2 rings (SSSR count). The van der Waals surface area contributed by atoms with Gasteiger partial charge in [0.1, 0.15) is 11.6 Å². The molecule has 0 radical (unpaired) electrons. The number of nitrogens with zero attached hydrogens (tertiary/aromatic N) is 1. The Kier molecular flexibility index (Phi) is 4.64. The van der Waals surface area contributed by atoms with Gasteiger partial charge in [-0.1, -0.05) is 13.3 Å². The fraction of sp³-hybridized carbons (Fsp3) is 0.533. The van der Waals surface area contributed by atoms with E-state index in [-0.39, 0.29) is 17.3 Å². The van der Waals surface area contributed by atoms with Crippen LogP contribution in [0.4, 0.5) is 8.78 Å². The van der Waals surface area contributed by atoms with Gasteiger partial charge in [0.15, 0.2) is 5.78 Å². The molecule has 0 saturated carbocycles. The monoisotopic (exact) mass is 267 g/mol. The molecule has 1 heterocycles. The Balaban J connectivity index is 2.03. The highest BCUT2D eigenvalue weighted by Gasteiger charge is 2.22. The van der Waals surface area contributed by atoms with Crippen molar-refractivity contribution in [2.24, 2.45) is 5.92 Å². The lowest BCUT2D eigenvalue weighted by atomic mass is 9.97. The van der Waals surface area contributed by atoms with Gasteiger partial charge in [0.25, 0.3) is 0 Å². The molecule has 1 aliphatic rings. The van der Waals surface area contributed by atoms with Gasteiger partial charge in [0, 0.05) is 12.5 Å². The van der Waals surface area contributed by atoms with Crippen molar-refractivity contribution in [2.75, 3.05) is 19.6 Å². The number of Topliss-reactive ketones (excluding diaryl/α,β-unsaturated/α-hetero) is 1. The number of likely N-dealkylation sites (tertiary alicyclic amines) is 1. The SMILES string of the molecule is CC(CN1CCCCC1)C(=O)c1cc(F)ccc1F. The van der Waals surface area contributed by atoms with E-state index in [2.05, 4.69) is 4.90 Å². The van der Waals surface area contributed by atoms with Crippen LogP contribution in [0.15, 0.2) is 18.2 Å². The van der Waals surface area contributed by atoms with Crippen molar-refractivity contribution in [1.29, 1.82) is 0 Å². The topological polar surface area (TPSA) is 20.3 Å². The zero-order valence-electron chi connectivity index (χ0n) is 11.2. The van der Waals surface area contributed by atoms with Crippen LogP contribution in [0.2, 0.25) is 0 Å². The van der Waals surface area contributed by atoms with E-state index in [1.807, 2.05) is 0 Å². The fourth-order valence-corrected chi connectivity index (χ4v) is 2.56. The molecule has 2 nitrogen and oxygen atoms in total. The van der Waals surface area contributed by atoms with E-state index in [0.29, 0.717) is 6.54 Å². The Bertz CT molecular complexity index is 455. The predicted octanol–water partition coefficient (Wildman–Crippen LogP) is 3.27. The molecule has 0 N–H and O–H groups in total. The van der Waals surface area contributed by atoms with E-state index in [1.165, 1.54) is 6.42 Å². The van der Waals surface area contributed by atoms with Crippen molar-refractivity contribution in [2.45, 2.75) is 26.2 Å². The fourth-order valence-electron chi connectivity index (χ4n) is 2.56. The number of ketones is 1. The quantitative estimate of drug-likeness (QED) is 0.780. The molecule has 19 heavy (non-hydrogen) atoms.